The average Bonchev–Trinajstić information content (AvgIpc) is 2.95. The molecule has 29 heavy (non-hydrogen) atoms. The van der Waals surface area contributed by atoms with E-state index in [0.717, 1.165) is 4.90 Å². The molecule has 0 aromatic heterocycles. The van der Waals surface area contributed by atoms with Crippen molar-refractivity contribution in [2.75, 3.05) is 18.5 Å². The van der Waals surface area contributed by atoms with Crippen LogP contribution in [0.4, 0.5) is 5.69 Å². The molecule has 0 saturated carbocycles. The highest BCUT2D eigenvalue weighted by atomic mass is 16.5. The Morgan fingerprint density at radius 1 is 1.07 bits per heavy atom. The third-order valence-electron chi connectivity index (χ3n) is 5.08. The number of anilines is 1. The monoisotopic (exact) mass is 398 g/mol. The SMILES string of the molecule is CC(=O)c1ccccc1NC(=O)COC(=O)CCN1C(=O)[C@H]2CC=CC[C@H]2C1=O. The average molecular weight is 398 g/mol. The third kappa shape index (κ3) is 4.59. The van der Waals surface area contributed by atoms with Gasteiger partial charge in [-0.1, -0.05) is 24.3 Å². The predicted octanol–water partition coefficient (Wildman–Crippen LogP) is 1.71. The van der Waals surface area contributed by atoms with Gasteiger partial charge in [0.25, 0.3) is 5.91 Å². The van der Waals surface area contributed by atoms with Crippen LogP contribution in [-0.4, -0.2) is 47.5 Å². The van der Waals surface area contributed by atoms with Gasteiger partial charge in [0, 0.05) is 12.1 Å². The van der Waals surface area contributed by atoms with Crippen LogP contribution in [0, 0.1) is 11.8 Å². The summed E-state index contributed by atoms with van der Waals surface area (Å²) in [5.74, 6) is -2.66. The van der Waals surface area contributed by atoms with E-state index in [0.29, 0.717) is 24.1 Å². The predicted molar refractivity (Wildman–Crippen MR) is 103 cm³/mol. The maximum Gasteiger partial charge on any atom is 0.308 e. The van der Waals surface area contributed by atoms with Gasteiger partial charge in [0.2, 0.25) is 11.8 Å². The highest BCUT2D eigenvalue weighted by molar-refractivity contribution is 6.06. The molecule has 1 fully saturated rings. The molecular formula is C21H22N2O6. The van der Waals surface area contributed by atoms with Crippen LogP contribution in [0.5, 0.6) is 0 Å². The molecule has 1 aromatic carbocycles. The van der Waals surface area contributed by atoms with E-state index in [1.807, 2.05) is 12.2 Å². The molecule has 0 spiro atoms. The highest BCUT2D eigenvalue weighted by Crippen LogP contribution is 2.35. The molecule has 3 amide bonds. The number of nitrogens with zero attached hydrogens (tertiary/aromatic N) is 1. The number of ketones is 1. The topological polar surface area (TPSA) is 110 Å². The molecule has 8 nitrogen and oxygen atoms in total. The first kappa shape index (κ1) is 20.4. The first-order valence-electron chi connectivity index (χ1n) is 9.44. The maximum absolute atomic E-state index is 12.3. The summed E-state index contributed by atoms with van der Waals surface area (Å²) >= 11 is 0. The molecule has 2 atom stereocenters. The summed E-state index contributed by atoms with van der Waals surface area (Å²) in [6, 6.07) is 6.52. The van der Waals surface area contributed by atoms with Crippen molar-refractivity contribution in [3.8, 4) is 0 Å². The number of amides is 3. The first-order valence-corrected chi connectivity index (χ1v) is 9.44. The van der Waals surface area contributed by atoms with Gasteiger partial charge in [-0.3, -0.25) is 28.9 Å². The Kier molecular flexibility index (Phi) is 6.21. The van der Waals surface area contributed by atoms with Crippen molar-refractivity contribution in [1.82, 2.24) is 4.90 Å². The smallest absolute Gasteiger partial charge is 0.308 e. The number of esters is 1. The molecule has 1 heterocycles. The Morgan fingerprint density at radius 3 is 2.31 bits per heavy atom. The Balaban J connectivity index is 1.46. The lowest BCUT2D eigenvalue weighted by Crippen LogP contribution is -2.33. The number of fused-ring (bicyclic) bond motifs is 1. The summed E-state index contributed by atoms with van der Waals surface area (Å²) in [6.45, 7) is 0.804. The van der Waals surface area contributed by atoms with Gasteiger partial charge < -0.3 is 10.1 Å². The van der Waals surface area contributed by atoms with Gasteiger partial charge in [0.15, 0.2) is 12.4 Å². The van der Waals surface area contributed by atoms with Gasteiger partial charge >= 0.3 is 5.97 Å². The third-order valence-corrected chi connectivity index (χ3v) is 5.08. The number of allylic oxidation sites excluding steroid dienone is 2. The van der Waals surface area contributed by atoms with Crippen molar-refractivity contribution < 1.29 is 28.7 Å². The van der Waals surface area contributed by atoms with Crippen molar-refractivity contribution in [2.24, 2.45) is 11.8 Å². The molecule has 0 bridgehead atoms. The summed E-state index contributed by atoms with van der Waals surface area (Å²) in [4.78, 5) is 61.3. The Bertz CT molecular complexity index is 865. The van der Waals surface area contributed by atoms with Crippen LogP contribution in [0.3, 0.4) is 0 Å². The second-order valence-corrected chi connectivity index (χ2v) is 7.04. The minimum absolute atomic E-state index is 0.0573. The first-order chi connectivity index (χ1) is 13.9. The molecule has 1 N–H and O–H groups in total. The van der Waals surface area contributed by atoms with Crippen molar-refractivity contribution in [3.63, 3.8) is 0 Å². The van der Waals surface area contributed by atoms with Crippen LogP contribution in [0.2, 0.25) is 0 Å². The van der Waals surface area contributed by atoms with Gasteiger partial charge in [0.1, 0.15) is 0 Å². The van der Waals surface area contributed by atoms with E-state index in [-0.39, 0.29) is 42.4 Å². The minimum Gasteiger partial charge on any atom is -0.456 e. The molecule has 1 aromatic rings. The lowest BCUT2D eigenvalue weighted by molar-refractivity contribution is -0.148. The minimum atomic E-state index is -0.686. The van der Waals surface area contributed by atoms with E-state index in [4.69, 9.17) is 4.74 Å². The summed E-state index contributed by atoms with van der Waals surface area (Å²) in [5.41, 5.74) is 0.694. The Hall–Kier alpha value is -3.29. The quantitative estimate of drug-likeness (QED) is 0.324. The zero-order valence-corrected chi connectivity index (χ0v) is 16.1. The Labute approximate surface area is 167 Å². The molecule has 2 aliphatic rings. The fourth-order valence-electron chi connectivity index (χ4n) is 3.60. The van der Waals surface area contributed by atoms with Gasteiger partial charge in [-0.05, 0) is 31.9 Å². The number of para-hydroxylation sites is 1. The molecule has 3 rings (SSSR count). The van der Waals surface area contributed by atoms with E-state index in [2.05, 4.69) is 5.32 Å². The lowest BCUT2D eigenvalue weighted by atomic mass is 9.85. The van der Waals surface area contributed by atoms with E-state index in [1.165, 1.54) is 6.92 Å². The molecule has 1 saturated heterocycles. The van der Waals surface area contributed by atoms with Gasteiger partial charge in [-0.2, -0.15) is 0 Å². The van der Waals surface area contributed by atoms with Gasteiger partial charge in [-0.15, -0.1) is 0 Å². The fourth-order valence-corrected chi connectivity index (χ4v) is 3.60. The number of nitrogens with one attached hydrogen (secondary N) is 1. The highest BCUT2D eigenvalue weighted by Gasteiger charge is 2.46. The standard InChI is InChI=1S/C21H22N2O6/c1-13(24)14-6-4-5-9-17(14)22-18(25)12-29-19(26)10-11-23-20(27)15-7-2-3-8-16(15)21(23)28/h2-6,9,15-16H,7-8,10-12H2,1H3,(H,22,25)/t15-,16+. The largest absolute Gasteiger partial charge is 0.456 e. The summed E-state index contributed by atoms with van der Waals surface area (Å²) in [6.07, 6.45) is 4.69. The number of hydrogen-bond donors (Lipinski definition) is 1. The molecule has 152 valence electrons. The normalized spacial score (nSPS) is 20.4. The van der Waals surface area contributed by atoms with E-state index < -0.39 is 18.5 Å². The molecule has 1 aliphatic heterocycles. The lowest BCUT2D eigenvalue weighted by Gasteiger charge is -2.14. The van der Waals surface area contributed by atoms with Crippen molar-refractivity contribution in [1.29, 1.82) is 0 Å². The number of imide groups is 1. The fraction of sp³-hybridized carbons (Fsp3) is 0.381. The van der Waals surface area contributed by atoms with Crippen LogP contribution in [0.25, 0.3) is 0 Å². The van der Waals surface area contributed by atoms with E-state index in [1.54, 1.807) is 24.3 Å². The van der Waals surface area contributed by atoms with E-state index in [9.17, 15) is 24.0 Å². The zero-order valence-electron chi connectivity index (χ0n) is 16.1. The maximum atomic E-state index is 12.3. The van der Waals surface area contributed by atoms with Crippen molar-refractivity contribution in [3.05, 3.63) is 42.0 Å². The number of benzene rings is 1. The molecule has 8 heteroatoms. The molecule has 1 aliphatic carbocycles. The molecule has 0 unspecified atom stereocenters. The Morgan fingerprint density at radius 2 is 1.69 bits per heavy atom. The zero-order chi connectivity index (χ0) is 21.0. The number of likely N-dealkylation sites (tertiary alicyclic amines) is 1. The number of carbonyl (C=O) groups is 5. The van der Waals surface area contributed by atoms with E-state index >= 15 is 0 Å². The number of Topliss-reactive ketones (excluding diaryl/α,β-unsaturated/α-hetero) is 1. The van der Waals surface area contributed by atoms with Crippen LogP contribution < -0.4 is 5.32 Å². The second kappa shape index (κ2) is 8.81. The number of hydrogen-bond acceptors (Lipinski definition) is 6. The van der Waals surface area contributed by atoms with Crippen molar-refractivity contribution >= 4 is 35.2 Å². The number of ether oxygens (including phenoxy) is 1. The van der Waals surface area contributed by atoms with Gasteiger partial charge in [0.05, 0.1) is 23.9 Å². The summed E-state index contributed by atoms with van der Waals surface area (Å²) < 4.78 is 4.93. The van der Waals surface area contributed by atoms with Crippen LogP contribution in [0.1, 0.15) is 36.5 Å². The number of rotatable bonds is 7. The van der Waals surface area contributed by atoms with Crippen LogP contribution in [0.15, 0.2) is 36.4 Å². The van der Waals surface area contributed by atoms with Gasteiger partial charge in [-0.25, -0.2) is 0 Å². The second-order valence-electron chi connectivity index (χ2n) is 7.04. The van der Waals surface area contributed by atoms with Crippen molar-refractivity contribution in [2.45, 2.75) is 26.2 Å². The summed E-state index contributed by atoms with van der Waals surface area (Å²) in [5, 5.41) is 2.53. The van der Waals surface area contributed by atoms with Crippen LogP contribution in [-0.2, 0) is 23.9 Å². The molecule has 0 radical (unpaired) electrons. The number of carbonyl (C=O) groups excluding carboxylic acids is 5. The van der Waals surface area contributed by atoms with Crippen LogP contribution >= 0.6 is 0 Å². The summed E-state index contributed by atoms with van der Waals surface area (Å²) in [7, 11) is 0. The molecular weight excluding hydrogens is 376 g/mol.